The van der Waals surface area contributed by atoms with Crippen molar-refractivity contribution in [3.05, 3.63) is 40.8 Å². The lowest BCUT2D eigenvalue weighted by Gasteiger charge is -2.25. The number of carboxylic acid groups (broad SMARTS) is 1. The number of carboxylic acids is 1. The van der Waals surface area contributed by atoms with Crippen LogP contribution in [0.1, 0.15) is 36.6 Å². The molecule has 0 radical (unpaired) electrons. The zero-order valence-electron chi connectivity index (χ0n) is 17.0. The van der Waals surface area contributed by atoms with Crippen LogP contribution in [0.4, 0.5) is 0 Å². The Kier molecular flexibility index (Phi) is 7.17. The van der Waals surface area contributed by atoms with Gasteiger partial charge in [-0.3, -0.25) is 0 Å². The highest BCUT2D eigenvalue weighted by Gasteiger charge is 2.28. The van der Waals surface area contributed by atoms with Crippen LogP contribution >= 0.6 is 11.3 Å². The van der Waals surface area contributed by atoms with Crippen molar-refractivity contribution in [1.82, 2.24) is 4.31 Å². The molecular weight excluding hydrogens is 426 g/mol. The summed E-state index contributed by atoms with van der Waals surface area (Å²) in [6.45, 7) is 3.35. The van der Waals surface area contributed by atoms with Crippen LogP contribution in [-0.4, -0.2) is 50.6 Å². The average molecular weight is 452 g/mol. The summed E-state index contributed by atoms with van der Waals surface area (Å²) >= 11 is 0.976. The molecule has 1 aliphatic rings. The Labute approximate surface area is 180 Å². The third-order valence-corrected chi connectivity index (χ3v) is 8.27. The number of carbonyl (C=O) groups is 1. The number of sulfonamides is 1. The number of hydrogen-bond acceptors (Lipinski definition) is 6. The van der Waals surface area contributed by atoms with Crippen molar-refractivity contribution in [3.63, 3.8) is 0 Å². The lowest BCUT2D eigenvalue weighted by Crippen LogP contribution is -2.35. The molecule has 0 saturated carbocycles. The second-order valence-corrected chi connectivity index (χ2v) is 10.0. The minimum atomic E-state index is -3.60. The van der Waals surface area contributed by atoms with Crippen LogP contribution in [0.5, 0.6) is 11.5 Å². The first-order chi connectivity index (χ1) is 14.4. The van der Waals surface area contributed by atoms with Crippen LogP contribution in [0, 0.1) is 0 Å². The number of ether oxygens (including phenoxy) is 2. The Morgan fingerprint density at radius 1 is 1.17 bits per heavy atom. The molecule has 0 unspecified atom stereocenters. The molecule has 2 aromatic rings. The second kappa shape index (κ2) is 9.63. The first kappa shape index (κ1) is 22.3. The van der Waals surface area contributed by atoms with Gasteiger partial charge >= 0.3 is 5.97 Å². The summed E-state index contributed by atoms with van der Waals surface area (Å²) in [6, 6.07) is 8.17. The number of rotatable bonds is 8. The van der Waals surface area contributed by atoms with Crippen LogP contribution in [0.3, 0.4) is 0 Å². The van der Waals surface area contributed by atoms with Gasteiger partial charge in [0.15, 0.2) is 11.5 Å². The predicted octanol–water partition coefficient (Wildman–Crippen LogP) is 3.96. The molecule has 162 valence electrons. The van der Waals surface area contributed by atoms with E-state index in [9.17, 15) is 18.3 Å². The minimum Gasteiger partial charge on any atom is -0.493 e. The van der Waals surface area contributed by atoms with Gasteiger partial charge in [0.05, 0.1) is 19.3 Å². The molecule has 9 heteroatoms. The molecule has 0 aliphatic carbocycles. The van der Waals surface area contributed by atoms with Crippen molar-refractivity contribution in [2.75, 3.05) is 26.8 Å². The first-order valence-corrected chi connectivity index (χ1v) is 12.0. The highest BCUT2D eigenvalue weighted by molar-refractivity contribution is 7.91. The largest absolute Gasteiger partial charge is 0.493 e. The molecule has 1 aromatic carbocycles. The van der Waals surface area contributed by atoms with E-state index in [1.165, 1.54) is 23.6 Å². The second-order valence-electron chi connectivity index (χ2n) is 6.79. The smallest absolute Gasteiger partial charge is 0.337 e. The van der Waals surface area contributed by atoms with Gasteiger partial charge in [0.2, 0.25) is 0 Å². The summed E-state index contributed by atoms with van der Waals surface area (Å²) in [7, 11) is -2.09. The molecule has 0 atom stereocenters. The number of nitrogens with zero attached hydrogens (tertiary/aromatic N) is 1. The third-order valence-electron chi connectivity index (χ3n) is 4.78. The van der Waals surface area contributed by atoms with Crippen LogP contribution in [0.25, 0.3) is 11.6 Å². The van der Waals surface area contributed by atoms with Gasteiger partial charge in [-0.05, 0) is 55.7 Å². The normalized spacial score (nSPS) is 15.7. The fourth-order valence-electron chi connectivity index (χ4n) is 3.29. The van der Waals surface area contributed by atoms with E-state index in [0.29, 0.717) is 41.6 Å². The van der Waals surface area contributed by atoms with E-state index in [4.69, 9.17) is 9.47 Å². The van der Waals surface area contributed by atoms with Crippen LogP contribution in [0.15, 0.2) is 34.5 Å². The zero-order valence-corrected chi connectivity index (χ0v) is 18.6. The quantitative estimate of drug-likeness (QED) is 0.611. The van der Waals surface area contributed by atoms with Crippen molar-refractivity contribution in [2.45, 2.75) is 30.4 Å². The van der Waals surface area contributed by atoms with E-state index >= 15 is 0 Å². The summed E-state index contributed by atoms with van der Waals surface area (Å²) in [4.78, 5) is 12.3. The number of hydrogen-bond donors (Lipinski definition) is 1. The Bertz CT molecular complexity index is 1040. The van der Waals surface area contributed by atoms with Crippen molar-refractivity contribution in [1.29, 1.82) is 0 Å². The van der Waals surface area contributed by atoms with Crippen LogP contribution < -0.4 is 9.47 Å². The lowest BCUT2D eigenvalue weighted by molar-refractivity contribution is -0.130. The van der Waals surface area contributed by atoms with E-state index in [1.807, 2.05) is 6.92 Å². The van der Waals surface area contributed by atoms with Gasteiger partial charge in [-0.2, -0.15) is 4.31 Å². The summed E-state index contributed by atoms with van der Waals surface area (Å²) < 4.78 is 38.2. The zero-order chi connectivity index (χ0) is 21.7. The van der Waals surface area contributed by atoms with E-state index in [0.717, 1.165) is 30.6 Å². The number of thiophene rings is 1. The molecule has 1 aliphatic heterocycles. The number of piperidine rings is 1. The maximum Gasteiger partial charge on any atom is 0.337 e. The Morgan fingerprint density at radius 2 is 1.90 bits per heavy atom. The summed E-state index contributed by atoms with van der Waals surface area (Å²) in [5.74, 6) is -0.0680. The number of benzene rings is 1. The summed E-state index contributed by atoms with van der Waals surface area (Å²) in [5, 5.41) is 9.74. The van der Waals surface area contributed by atoms with E-state index in [1.54, 1.807) is 24.3 Å². The molecule has 30 heavy (non-hydrogen) atoms. The maximum atomic E-state index is 12.9. The predicted molar refractivity (Wildman–Crippen MR) is 117 cm³/mol. The van der Waals surface area contributed by atoms with E-state index < -0.39 is 16.0 Å². The molecule has 2 heterocycles. The van der Waals surface area contributed by atoms with Crippen LogP contribution in [-0.2, 0) is 14.8 Å². The topological polar surface area (TPSA) is 93.1 Å². The maximum absolute atomic E-state index is 12.9. The Morgan fingerprint density at radius 3 is 2.53 bits per heavy atom. The van der Waals surface area contributed by atoms with E-state index in [2.05, 4.69) is 0 Å². The average Bonchev–Trinajstić information content (AvgIpc) is 3.24. The highest BCUT2D eigenvalue weighted by Crippen LogP contribution is 2.33. The minimum absolute atomic E-state index is 0.0197. The summed E-state index contributed by atoms with van der Waals surface area (Å²) in [5.41, 5.74) is 0.632. The van der Waals surface area contributed by atoms with Gasteiger partial charge in [-0.15, -0.1) is 11.3 Å². The molecule has 7 nitrogen and oxygen atoms in total. The van der Waals surface area contributed by atoms with Gasteiger partial charge in [0, 0.05) is 18.0 Å². The molecule has 1 aromatic heterocycles. The SMILES string of the molecule is CCOc1ccc(C=C(C(=O)O)c2ccc(S(=O)(=O)N3CCCCC3)s2)cc1OC. The monoisotopic (exact) mass is 451 g/mol. The van der Waals surface area contributed by atoms with Gasteiger partial charge < -0.3 is 14.6 Å². The number of methoxy groups -OCH3 is 1. The van der Waals surface area contributed by atoms with Crippen molar-refractivity contribution < 1.29 is 27.8 Å². The molecule has 1 saturated heterocycles. The highest BCUT2D eigenvalue weighted by atomic mass is 32.2. The molecule has 1 N–H and O–H groups in total. The van der Waals surface area contributed by atoms with Crippen LogP contribution in [0.2, 0.25) is 0 Å². The molecular formula is C21H25NO6S2. The van der Waals surface area contributed by atoms with Gasteiger partial charge in [-0.1, -0.05) is 12.5 Å². The summed E-state index contributed by atoms with van der Waals surface area (Å²) in [6.07, 6.45) is 4.22. The van der Waals surface area contributed by atoms with Crippen molar-refractivity contribution >= 4 is 39.0 Å². The van der Waals surface area contributed by atoms with Gasteiger partial charge in [0.1, 0.15) is 4.21 Å². The standard InChI is InChI=1S/C21H25NO6S2/c1-3-28-17-8-7-15(14-18(17)27-2)13-16(21(23)24)19-9-10-20(29-19)30(25,26)22-11-5-4-6-12-22/h7-10,13-14H,3-6,11-12H2,1-2H3,(H,23,24). The molecule has 0 spiro atoms. The van der Waals surface area contributed by atoms with E-state index in [-0.39, 0.29) is 9.78 Å². The fourth-order valence-corrected chi connectivity index (χ4v) is 6.27. The Hall–Kier alpha value is -2.36. The lowest BCUT2D eigenvalue weighted by atomic mass is 10.1. The fraction of sp³-hybridized carbons (Fsp3) is 0.381. The number of aliphatic carboxylic acids is 1. The van der Waals surface area contributed by atoms with Crippen molar-refractivity contribution in [3.8, 4) is 11.5 Å². The first-order valence-electron chi connectivity index (χ1n) is 9.73. The third kappa shape index (κ3) is 4.85. The molecule has 1 fully saturated rings. The van der Waals surface area contributed by atoms with Gasteiger partial charge in [0.25, 0.3) is 10.0 Å². The van der Waals surface area contributed by atoms with Gasteiger partial charge in [-0.25, -0.2) is 13.2 Å². The Balaban J connectivity index is 1.93. The molecule has 3 rings (SSSR count). The van der Waals surface area contributed by atoms with Crippen molar-refractivity contribution in [2.24, 2.45) is 0 Å². The molecule has 0 bridgehead atoms. The molecule has 0 amide bonds.